The van der Waals surface area contributed by atoms with Crippen molar-refractivity contribution in [2.24, 2.45) is 11.8 Å². The lowest BCUT2D eigenvalue weighted by atomic mass is 9.79. The quantitative estimate of drug-likeness (QED) is 0.529. The first-order chi connectivity index (χ1) is 17.4. The van der Waals surface area contributed by atoms with Gasteiger partial charge in [-0.1, -0.05) is 23.4 Å². The van der Waals surface area contributed by atoms with Crippen molar-refractivity contribution in [1.82, 2.24) is 15.0 Å². The zero-order chi connectivity index (χ0) is 25.0. The van der Waals surface area contributed by atoms with Gasteiger partial charge in [0, 0.05) is 23.2 Å². The molecule has 8 heteroatoms. The zero-order valence-electron chi connectivity index (χ0n) is 20.3. The average Bonchev–Trinajstić information content (AvgIpc) is 3.54. The predicted octanol–water partition coefficient (Wildman–Crippen LogP) is 4.84. The third-order valence-electron chi connectivity index (χ3n) is 7.87. The largest absolute Gasteiger partial charge is 0.490 e. The number of rotatable bonds is 6. The molecule has 3 aliphatic rings. The van der Waals surface area contributed by atoms with E-state index >= 15 is 0 Å². The topological polar surface area (TPSA) is 112 Å². The van der Waals surface area contributed by atoms with Crippen LogP contribution < -0.4 is 4.74 Å². The number of benzene rings is 2. The zero-order valence-corrected chi connectivity index (χ0v) is 20.3. The molecular weight excluding hydrogens is 456 g/mol. The number of aliphatic carboxylic acids is 1. The molecule has 3 aromatic rings. The van der Waals surface area contributed by atoms with Gasteiger partial charge < -0.3 is 14.4 Å². The normalized spacial score (nSPS) is 24.7. The summed E-state index contributed by atoms with van der Waals surface area (Å²) in [6.45, 7) is 4.87. The Hall–Kier alpha value is -3.70. The molecule has 2 aliphatic carbocycles. The number of carboxylic acid groups (broad SMARTS) is 1. The van der Waals surface area contributed by atoms with Crippen molar-refractivity contribution in [2.45, 2.75) is 57.7 Å². The van der Waals surface area contributed by atoms with Gasteiger partial charge in [0.25, 0.3) is 5.89 Å². The van der Waals surface area contributed by atoms with Crippen molar-refractivity contribution in [1.29, 1.82) is 5.26 Å². The maximum atomic E-state index is 11.3. The first kappa shape index (κ1) is 22.7. The maximum absolute atomic E-state index is 11.3. The molecule has 184 valence electrons. The molecule has 2 aromatic carbocycles. The Morgan fingerprint density at radius 3 is 2.86 bits per heavy atom. The highest BCUT2D eigenvalue weighted by Gasteiger charge is 2.48. The Morgan fingerprint density at radius 2 is 2.11 bits per heavy atom. The molecule has 0 bridgehead atoms. The highest BCUT2D eigenvalue weighted by atomic mass is 16.5. The van der Waals surface area contributed by atoms with Gasteiger partial charge in [-0.05, 0) is 81.3 Å². The third-order valence-corrected chi connectivity index (χ3v) is 7.87. The summed E-state index contributed by atoms with van der Waals surface area (Å²) in [7, 11) is 0. The lowest BCUT2D eigenvalue weighted by Gasteiger charge is -2.42. The van der Waals surface area contributed by atoms with Crippen LogP contribution in [0.2, 0.25) is 0 Å². The summed E-state index contributed by atoms with van der Waals surface area (Å²) in [6, 6.07) is 14.5. The van der Waals surface area contributed by atoms with Crippen LogP contribution in [0.4, 0.5) is 0 Å². The molecule has 0 amide bonds. The standard InChI is InChI=1S/C28H28N4O4/c1-15(2)35-24-7-6-17(10-19(24)14-29)27-30-26(31-36-27)22-5-3-4-21-23(22)13-16-8-9-32(25(16)21)20-11-18(12-20)28(33)34/h3-7,10,15-16,18,20,25H,8-9,11-13H2,1-2H3,(H,33,34)/t16?,18?,20?,25-/m0/s1. The highest BCUT2D eigenvalue weighted by molar-refractivity contribution is 5.71. The fourth-order valence-corrected chi connectivity index (χ4v) is 6.14. The molecule has 2 fully saturated rings. The Labute approximate surface area is 209 Å². The van der Waals surface area contributed by atoms with Crippen molar-refractivity contribution in [3.8, 4) is 34.7 Å². The molecule has 2 atom stereocenters. The molecular formula is C28H28N4O4. The van der Waals surface area contributed by atoms with E-state index in [1.165, 1.54) is 11.1 Å². The van der Waals surface area contributed by atoms with Crippen LogP contribution in [-0.4, -0.2) is 44.8 Å². The average molecular weight is 485 g/mol. The van der Waals surface area contributed by atoms with Crippen LogP contribution in [0, 0.1) is 23.2 Å². The van der Waals surface area contributed by atoms with Crippen molar-refractivity contribution in [3.05, 3.63) is 53.1 Å². The SMILES string of the molecule is CC(C)Oc1ccc(-c2nc(-c3cccc4c3CC3CCN(C5CC(C(=O)O)C5)[C@H]43)no2)cc1C#N. The number of nitrogens with zero attached hydrogens (tertiary/aromatic N) is 4. The fourth-order valence-electron chi connectivity index (χ4n) is 6.14. The van der Waals surface area contributed by atoms with Gasteiger partial charge in [-0.25, -0.2) is 0 Å². The van der Waals surface area contributed by atoms with Crippen LogP contribution in [-0.2, 0) is 11.2 Å². The van der Waals surface area contributed by atoms with Crippen molar-refractivity contribution in [2.75, 3.05) is 6.54 Å². The van der Waals surface area contributed by atoms with Crippen LogP contribution >= 0.6 is 0 Å². The smallest absolute Gasteiger partial charge is 0.306 e. The van der Waals surface area contributed by atoms with E-state index in [-0.39, 0.29) is 12.0 Å². The summed E-state index contributed by atoms with van der Waals surface area (Å²) in [4.78, 5) is 18.5. The Morgan fingerprint density at radius 1 is 1.28 bits per heavy atom. The van der Waals surface area contributed by atoms with Crippen LogP contribution in [0.3, 0.4) is 0 Å². The third kappa shape index (κ3) is 3.75. The summed E-state index contributed by atoms with van der Waals surface area (Å²) >= 11 is 0. The Balaban J connectivity index is 1.27. The Bertz CT molecular complexity index is 1370. The molecule has 1 aliphatic heterocycles. The van der Waals surface area contributed by atoms with E-state index in [2.05, 4.69) is 28.3 Å². The second kappa shape index (κ2) is 8.75. The number of carboxylic acids is 1. The summed E-state index contributed by atoms with van der Waals surface area (Å²) < 4.78 is 11.3. The van der Waals surface area contributed by atoms with E-state index in [1.807, 2.05) is 26.0 Å². The Kier molecular flexibility index (Phi) is 5.53. The minimum Gasteiger partial charge on any atom is -0.490 e. The van der Waals surface area contributed by atoms with Gasteiger partial charge in [-0.2, -0.15) is 10.2 Å². The molecule has 8 nitrogen and oxygen atoms in total. The fraction of sp³-hybridized carbons (Fsp3) is 0.429. The lowest BCUT2D eigenvalue weighted by Crippen LogP contribution is -2.46. The monoisotopic (exact) mass is 484 g/mol. The van der Waals surface area contributed by atoms with Crippen LogP contribution in [0.5, 0.6) is 5.75 Å². The van der Waals surface area contributed by atoms with Gasteiger partial charge in [-0.15, -0.1) is 0 Å². The molecule has 0 spiro atoms. The number of aromatic nitrogens is 2. The van der Waals surface area contributed by atoms with E-state index in [4.69, 9.17) is 14.2 Å². The van der Waals surface area contributed by atoms with Crippen LogP contribution in [0.25, 0.3) is 22.8 Å². The number of hydrogen-bond acceptors (Lipinski definition) is 7. The molecule has 36 heavy (non-hydrogen) atoms. The second-order valence-corrected chi connectivity index (χ2v) is 10.4. The summed E-state index contributed by atoms with van der Waals surface area (Å²) in [5.41, 5.74) is 4.65. The van der Waals surface area contributed by atoms with E-state index in [9.17, 15) is 15.2 Å². The highest BCUT2D eigenvalue weighted by Crippen LogP contribution is 2.52. The first-order valence-corrected chi connectivity index (χ1v) is 12.6. The minimum atomic E-state index is -0.673. The molecule has 6 rings (SSSR count). The van der Waals surface area contributed by atoms with Crippen molar-refractivity contribution < 1.29 is 19.2 Å². The number of nitriles is 1. The van der Waals surface area contributed by atoms with E-state index in [0.717, 1.165) is 37.8 Å². The van der Waals surface area contributed by atoms with Gasteiger partial charge in [0.15, 0.2) is 0 Å². The van der Waals surface area contributed by atoms with Gasteiger partial charge in [-0.3, -0.25) is 9.69 Å². The van der Waals surface area contributed by atoms with Gasteiger partial charge in [0.1, 0.15) is 11.8 Å². The second-order valence-electron chi connectivity index (χ2n) is 10.4. The van der Waals surface area contributed by atoms with E-state index in [0.29, 0.717) is 46.6 Å². The van der Waals surface area contributed by atoms with Crippen molar-refractivity contribution in [3.63, 3.8) is 0 Å². The molecule has 1 aromatic heterocycles. The minimum absolute atomic E-state index is 0.0311. The number of ether oxygens (including phenoxy) is 1. The molecule has 2 heterocycles. The summed E-state index contributed by atoms with van der Waals surface area (Å²) in [6.07, 6.45) is 3.54. The molecule has 1 unspecified atom stereocenters. The van der Waals surface area contributed by atoms with E-state index in [1.54, 1.807) is 12.1 Å². The first-order valence-electron chi connectivity index (χ1n) is 12.6. The number of likely N-dealkylation sites (tertiary alicyclic amines) is 1. The van der Waals surface area contributed by atoms with Gasteiger partial charge >= 0.3 is 5.97 Å². The lowest BCUT2D eigenvalue weighted by molar-refractivity contribution is -0.147. The predicted molar refractivity (Wildman–Crippen MR) is 131 cm³/mol. The van der Waals surface area contributed by atoms with Gasteiger partial charge in [0.05, 0.1) is 17.6 Å². The summed E-state index contributed by atoms with van der Waals surface area (Å²) in [5.74, 6) is 1.10. The molecule has 1 N–H and O–H groups in total. The number of carbonyl (C=O) groups is 1. The van der Waals surface area contributed by atoms with Crippen LogP contribution in [0.1, 0.15) is 55.8 Å². The number of fused-ring (bicyclic) bond motifs is 3. The molecule has 0 radical (unpaired) electrons. The summed E-state index contributed by atoms with van der Waals surface area (Å²) in [5, 5.41) is 23.2. The molecule has 1 saturated heterocycles. The van der Waals surface area contributed by atoms with E-state index < -0.39 is 5.97 Å². The van der Waals surface area contributed by atoms with Gasteiger partial charge in [0.2, 0.25) is 5.82 Å². The number of hydrogen-bond donors (Lipinski definition) is 1. The molecule has 1 saturated carbocycles. The van der Waals surface area contributed by atoms with Crippen molar-refractivity contribution >= 4 is 5.97 Å². The maximum Gasteiger partial charge on any atom is 0.306 e. The van der Waals surface area contributed by atoms with Crippen LogP contribution in [0.15, 0.2) is 40.9 Å².